The number of rotatable bonds is 8. The molecule has 0 aromatic heterocycles. The van der Waals surface area contributed by atoms with Crippen molar-refractivity contribution in [3.8, 4) is 0 Å². The van der Waals surface area contributed by atoms with Crippen LogP contribution >= 0.6 is 0 Å². The maximum atomic E-state index is 13.3. The average Bonchev–Trinajstić information content (AvgIpc) is 3.29. The number of cyclic esters (lactones) is 1. The van der Waals surface area contributed by atoms with E-state index in [0.717, 1.165) is 56.2 Å². The Morgan fingerprint density at radius 3 is 2.16 bits per heavy atom. The van der Waals surface area contributed by atoms with Gasteiger partial charge in [0.1, 0.15) is 6.10 Å². The summed E-state index contributed by atoms with van der Waals surface area (Å²) >= 11 is 0. The standard InChI is InChI=1S/C37H61NO5Si2/c1-27(39)38-30-20-17-28(18-21-30)19-22-31-16-14-12-13-15-29-25-32(42-44(8,9)36(2,3)4)26-33(29)34(23-24-35(40)41-31)43-45(10,11)37(5,6)7/h13,15,17-18,20-21,23-24,29,31-34H,12,14,16,19,22,25-26H2,1-11H3,(H,38,39)/b15-13+,24-23+/t29-,31-,32+,33-,34-/m1/s1. The topological polar surface area (TPSA) is 73.9 Å². The molecule has 0 saturated heterocycles. The van der Waals surface area contributed by atoms with Crippen LogP contribution in [0.15, 0.2) is 48.6 Å². The van der Waals surface area contributed by atoms with Gasteiger partial charge in [0.25, 0.3) is 0 Å². The number of ether oxygens (including phenoxy) is 1. The van der Waals surface area contributed by atoms with Crippen LogP contribution in [0.2, 0.25) is 36.3 Å². The van der Waals surface area contributed by atoms with Crippen LogP contribution in [0.3, 0.4) is 0 Å². The smallest absolute Gasteiger partial charge is 0.330 e. The molecule has 1 amide bonds. The first-order chi connectivity index (χ1) is 20.8. The normalized spacial score (nSPS) is 26.9. The largest absolute Gasteiger partial charge is 0.459 e. The molecule has 0 unspecified atom stereocenters. The van der Waals surface area contributed by atoms with E-state index in [1.54, 1.807) is 6.08 Å². The number of amides is 1. The summed E-state index contributed by atoms with van der Waals surface area (Å²) in [5.74, 6) is 0.208. The number of aryl methyl sites for hydroxylation is 1. The van der Waals surface area contributed by atoms with Crippen LogP contribution in [0.5, 0.6) is 0 Å². The lowest BCUT2D eigenvalue weighted by atomic mass is 9.90. The second-order valence-corrected chi connectivity index (χ2v) is 25.8. The molecular weight excluding hydrogens is 595 g/mol. The maximum Gasteiger partial charge on any atom is 0.330 e. The molecule has 2 aliphatic rings. The van der Waals surface area contributed by atoms with Crippen LogP contribution in [0.25, 0.3) is 0 Å². The zero-order valence-corrected chi connectivity index (χ0v) is 32.0. The highest BCUT2D eigenvalue weighted by atomic mass is 28.4. The van der Waals surface area contributed by atoms with Crippen molar-refractivity contribution in [3.63, 3.8) is 0 Å². The number of hydrogen-bond donors (Lipinski definition) is 1. The van der Waals surface area contributed by atoms with Gasteiger partial charge in [-0.15, -0.1) is 0 Å². The van der Waals surface area contributed by atoms with Gasteiger partial charge in [0, 0.05) is 24.8 Å². The van der Waals surface area contributed by atoms with E-state index in [9.17, 15) is 9.59 Å². The zero-order chi connectivity index (χ0) is 33.6. The number of nitrogens with one attached hydrogen (secondary N) is 1. The second-order valence-electron chi connectivity index (χ2n) is 16.3. The van der Waals surface area contributed by atoms with Crippen LogP contribution in [-0.4, -0.2) is 46.8 Å². The molecule has 5 atom stereocenters. The summed E-state index contributed by atoms with van der Waals surface area (Å²) in [6.45, 7) is 24.5. The van der Waals surface area contributed by atoms with Crippen LogP contribution in [0, 0.1) is 11.8 Å². The van der Waals surface area contributed by atoms with E-state index in [2.05, 4.69) is 85.2 Å². The van der Waals surface area contributed by atoms with Crippen molar-refractivity contribution in [3.05, 3.63) is 54.1 Å². The van der Waals surface area contributed by atoms with E-state index in [1.165, 1.54) is 6.92 Å². The third-order valence-corrected chi connectivity index (χ3v) is 19.6. The summed E-state index contributed by atoms with van der Waals surface area (Å²) < 4.78 is 20.1. The van der Waals surface area contributed by atoms with Crippen molar-refractivity contribution in [1.29, 1.82) is 0 Å². The number of allylic oxidation sites excluding steroid dienone is 2. The zero-order valence-electron chi connectivity index (χ0n) is 30.0. The Morgan fingerprint density at radius 2 is 1.56 bits per heavy atom. The molecule has 252 valence electrons. The van der Waals surface area contributed by atoms with Crippen molar-refractivity contribution in [2.45, 2.75) is 148 Å². The van der Waals surface area contributed by atoms with Gasteiger partial charge in [0.2, 0.25) is 5.91 Å². The van der Waals surface area contributed by atoms with Crippen LogP contribution < -0.4 is 5.32 Å². The maximum absolute atomic E-state index is 13.3. The summed E-state index contributed by atoms with van der Waals surface area (Å²) in [6.07, 6.45) is 14.5. The molecule has 1 fully saturated rings. The van der Waals surface area contributed by atoms with Gasteiger partial charge in [-0.3, -0.25) is 4.79 Å². The predicted molar refractivity (Wildman–Crippen MR) is 191 cm³/mol. The molecule has 1 heterocycles. The summed E-state index contributed by atoms with van der Waals surface area (Å²) in [4.78, 5) is 24.6. The molecule has 1 saturated carbocycles. The molecule has 8 heteroatoms. The third kappa shape index (κ3) is 11.0. The minimum Gasteiger partial charge on any atom is -0.459 e. The van der Waals surface area contributed by atoms with Gasteiger partial charge in [0.15, 0.2) is 16.6 Å². The SMILES string of the molecule is CC(=O)Nc1ccc(CC[C@H]2CCC/C=C/[C@@H]3C[C@H](O[Si](C)(C)C(C)(C)C)C[C@H]3[C@H](O[Si](C)(C)C(C)(C)C)/C=C/C(=O)O2)cc1. The quantitative estimate of drug-likeness (QED) is 0.172. The number of esters is 1. The average molecular weight is 656 g/mol. The summed E-state index contributed by atoms with van der Waals surface area (Å²) in [5, 5.41) is 3.01. The minimum absolute atomic E-state index is 0.0505. The Hall–Kier alpha value is -2.01. The first-order valence-electron chi connectivity index (χ1n) is 17.0. The van der Waals surface area contributed by atoms with Crippen molar-refractivity contribution in [2.75, 3.05) is 5.32 Å². The molecule has 0 spiro atoms. The van der Waals surface area contributed by atoms with E-state index >= 15 is 0 Å². The lowest BCUT2D eigenvalue weighted by Crippen LogP contribution is -2.46. The van der Waals surface area contributed by atoms with Crippen molar-refractivity contribution in [2.24, 2.45) is 11.8 Å². The van der Waals surface area contributed by atoms with Gasteiger partial charge in [-0.05, 0) is 117 Å². The van der Waals surface area contributed by atoms with Crippen LogP contribution in [0.1, 0.15) is 92.6 Å². The van der Waals surface area contributed by atoms with Gasteiger partial charge in [-0.1, -0.05) is 65.8 Å². The molecule has 1 aliphatic carbocycles. The van der Waals surface area contributed by atoms with Crippen LogP contribution in [0.4, 0.5) is 5.69 Å². The number of benzene rings is 1. The lowest BCUT2D eigenvalue weighted by molar-refractivity contribution is -0.143. The molecule has 1 N–H and O–H groups in total. The molecule has 1 aromatic carbocycles. The molecule has 1 aromatic rings. The van der Waals surface area contributed by atoms with Crippen molar-refractivity contribution < 1.29 is 23.2 Å². The Bertz CT molecular complexity index is 1190. The Morgan fingerprint density at radius 1 is 0.933 bits per heavy atom. The molecule has 45 heavy (non-hydrogen) atoms. The van der Waals surface area contributed by atoms with E-state index in [4.69, 9.17) is 13.6 Å². The number of carbonyl (C=O) groups is 2. The van der Waals surface area contributed by atoms with E-state index < -0.39 is 16.6 Å². The fraction of sp³-hybridized carbons (Fsp3) is 0.676. The van der Waals surface area contributed by atoms with Gasteiger partial charge in [0.05, 0.1) is 6.10 Å². The number of hydrogen-bond acceptors (Lipinski definition) is 5. The van der Waals surface area contributed by atoms with E-state index in [-0.39, 0.29) is 46.2 Å². The monoisotopic (exact) mass is 655 g/mol. The molecular formula is C37H61NO5Si2. The number of fused-ring (bicyclic) bond motifs is 1. The molecule has 3 rings (SSSR count). The van der Waals surface area contributed by atoms with E-state index in [0.29, 0.717) is 5.92 Å². The van der Waals surface area contributed by atoms with Crippen molar-refractivity contribution >= 4 is 34.2 Å². The van der Waals surface area contributed by atoms with Gasteiger partial charge < -0.3 is 18.9 Å². The first kappa shape index (κ1) is 37.5. The Kier molecular flexibility index (Phi) is 12.7. The summed E-state index contributed by atoms with van der Waals surface area (Å²) in [6, 6.07) is 7.89. The Balaban J connectivity index is 1.81. The van der Waals surface area contributed by atoms with Gasteiger partial charge >= 0.3 is 5.97 Å². The fourth-order valence-electron chi connectivity index (χ4n) is 5.79. The number of carbonyl (C=O) groups excluding carboxylic acids is 2. The van der Waals surface area contributed by atoms with Crippen molar-refractivity contribution in [1.82, 2.24) is 0 Å². The molecule has 0 radical (unpaired) electrons. The predicted octanol–water partition coefficient (Wildman–Crippen LogP) is 9.59. The fourth-order valence-corrected chi connectivity index (χ4v) is 8.45. The Labute approximate surface area is 276 Å². The second kappa shape index (κ2) is 15.3. The molecule has 1 aliphatic heterocycles. The summed E-state index contributed by atoms with van der Waals surface area (Å²) in [5.41, 5.74) is 1.94. The highest BCUT2D eigenvalue weighted by Gasteiger charge is 2.47. The lowest BCUT2D eigenvalue weighted by Gasteiger charge is -2.41. The highest BCUT2D eigenvalue weighted by molar-refractivity contribution is 6.74. The first-order valence-corrected chi connectivity index (χ1v) is 22.9. The molecule has 0 bridgehead atoms. The summed E-state index contributed by atoms with van der Waals surface area (Å²) in [7, 11) is -4.06. The highest BCUT2D eigenvalue weighted by Crippen LogP contribution is 2.46. The minimum atomic E-state index is -2.13. The van der Waals surface area contributed by atoms with E-state index in [1.807, 2.05) is 30.3 Å². The molecule has 6 nitrogen and oxygen atoms in total. The third-order valence-electron chi connectivity index (χ3n) is 10.6. The van der Waals surface area contributed by atoms with Crippen LogP contribution in [-0.2, 0) is 29.6 Å². The van der Waals surface area contributed by atoms with Gasteiger partial charge in [-0.25, -0.2) is 4.79 Å². The number of anilines is 1. The van der Waals surface area contributed by atoms with Gasteiger partial charge in [-0.2, -0.15) is 0 Å².